The standard InChI is InChI=1S/C19H20ClFN2O2/c1-13-10-23(17-6-3-15(20)4-7-17)19(24)12-22(13)11-14-9-16(21)5-8-18(14)25-2/h3-9,13H,10-12H2,1-2H3/t13-/m0/s1. The Bertz CT molecular complexity index is 767. The number of methoxy groups -OCH3 is 1. The van der Waals surface area contributed by atoms with E-state index in [-0.39, 0.29) is 24.3 Å². The second-order valence-corrected chi connectivity index (χ2v) is 6.63. The van der Waals surface area contributed by atoms with E-state index in [0.29, 0.717) is 23.9 Å². The molecule has 0 radical (unpaired) electrons. The van der Waals surface area contributed by atoms with Gasteiger partial charge in [-0.2, -0.15) is 0 Å². The van der Waals surface area contributed by atoms with Crippen molar-refractivity contribution in [2.45, 2.75) is 19.5 Å². The highest BCUT2D eigenvalue weighted by atomic mass is 35.5. The number of piperazine rings is 1. The van der Waals surface area contributed by atoms with E-state index in [1.807, 2.05) is 17.0 Å². The van der Waals surface area contributed by atoms with Gasteiger partial charge in [-0.3, -0.25) is 9.69 Å². The number of carbonyl (C=O) groups excluding carboxylic acids is 1. The zero-order chi connectivity index (χ0) is 18.0. The molecule has 0 aliphatic carbocycles. The maximum absolute atomic E-state index is 13.6. The van der Waals surface area contributed by atoms with Gasteiger partial charge in [-0.25, -0.2) is 4.39 Å². The summed E-state index contributed by atoms with van der Waals surface area (Å²) in [4.78, 5) is 16.4. The Morgan fingerprint density at radius 2 is 1.96 bits per heavy atom. The Morgan fingerprint density at radius 3 is 2.64 bits per heavy atom. The first-order valence-corrected chi connectivity index (χ1v) is 8.48. The smallest absolute Gasteiger partial charge is 0.241 e. The third kappa shape index (κ3) is 3.94. The summed E-state index contributed by atoms with van der Waals surface area (Å²) in [5.41, 5.74) is 1.58. The van der Waals surface area contributed by atoms with Crippen molar-refractivity contribution in [2.75, 3.05) is 25.1 Å². The van der Waals surface area contributed by atoms with Gasteiger partial charge in [-0.15, -0.1) is 0 Å². The van der Waals surface area contributed by atoms with Crippen LogP contribution in [0.25, 0.3) is 0 Å². The summed E-state index contributed by atoms with van der Waals surface area (Å²) in [6.07, 6.45) is 0. The highest BCUT2D eigenvalue weighted by Gasteiger charge is 2.30. The van der Waals surface area contributed by atoms with Crippen molar-refractivity contribution in [3.63, 3.8) is 0 Å². The van der Waals surface area contributed by atoms with Crippen molar-refractivity contribution in [3.05, 3.63) is 58.9 Å². The van der Waals surface area contributed by atoms with Crippen LogP contribution in [-0.4, -0.2) is 37.0 Å². The first-order valence-electron chi connectivity index (χ1n) is 8.10. The van der Waals surface area contributed by atoms with Gasteiger partial charge in [0.2, 0.25) is 5.91 Å². The van der Waals surface area contributed by atoms with Crippen molar-refractivity contribution >= 4 is 23.2 Å². The van der Waals surface area contributed by atoms with Crippen LogP contribution in [-0.2, 0) is 11.3 Å². The minimum atomic E-state index is -0.311. The second kappa shape index (κ2) is 7.42. The second-order valence-electron chi connectivity index (χ2n) is 6.19. The molecule has 1 atom stereocenters. The van der Waals surface area contributed by atoms with E-state index in [0.717, 1.165) is 11.3 Å². The third-order valence-electron chi connectivity index (χ3n) is 4.46. The van der Waals surface area contributed by atoms with E-state index in [1.165, 1.54) is 12.1 Å². The average molecular weight is 363 g/mol. The molecule has 2 aromatic rings. The SMILES string of the molecule is COc1ccc(F)cc1CN1CC(=O)N(c2ccc(Cl)cc2)C[C@@H]1C. The lowest BCUT2D eigenvalue weighted by Crippen LogP contribution is -2.54. The van der Waals surface area contributed by atoms with Crippen LogP contribution in [0.1, 0.15) is 12.5 Å². The van der Waals surface area contributed by atoms with Crippen molar-refractivity contribution in [1.29, 1.82) is 0 Å². The van der Waals surface area contributed by atoms with Gasteiger partial charge >= 0.3 is 0 Å². The molecule has 1 aliphatic rings. The Labute approximate surface area is 151 Å². The summed E-state index contributed by atoms with van der Waals surface area (Å²) in [6.45, 7) is 3.35. The van der Waals surface area contributed by atoms with Gasteiger partial charge in [0.1, 0.15) is 11.6 Å². The van der Waals surface area contributed by atoms with Crippen molar-refractivity contribution in [2.24, 2.45) is 0 Å². The van der Waals surface area contributed by atoms with Crippen LogP contribution in [0.4, 0.5) is 10.1 Å². The topological polar surface area (TPSA) is 32.8 Å². The number of halogens is 2. The molecular weight excluding hydrogens is 343 g/mol. The van der Waals surface area contributed by atoms with Crippen molar-refractivity contribution in [3.8, 4) is 5.75 Å². The number of hydrogen-bond donors (Lipinski definition) is 0. The quantitative estimate of drug-likeness (QED) is 0.831. The lowest BCUT2D eigenvalue weighted by Gasteiger charge is -2.39. The largest absolute Gasteiger partial charge is 0.496 e. The third-order valence-corrected chi connectivity index (χ3v) is 4.72. The fourth-order valence-electron chi connectivity index (χ4n) is 3.07. The molecular formula is C19H20ClFN2O2. The molecule has 1 saturated heterocycles. The summed E-state index contributed by atoms with van der Waals surface area (Å²) in [7, 11) is 1.56. The molecule has 0 bridgehead atoms. The molecule has 1 fully saturated rings. The predicted molar refractivity (Wildman–Crippen MR) is 96.6 cm³/mol. The van der Waals surface area contributed by atoms with Crippen LogP contribution in [0.15, 0.2) is 42.5 Å². The van der Waals surface area contributed by atoms with Gasteiger partial charge < -0.3 is 9.64 Å². The summed E-state index contributed by atoms with van der Waals surface area (Å²) < 4.78 is 18.9. The Morgan fingerprint density at radius 1 is 1.24 bits per heavy atom. The molecule has 0 unspecified atom stereocenters. The van der Waals surface area contributed by atoms with E-state index in [9.17, 15) is 9.18 Å². The Balaban J connectivity index is 1.75. The van der Waals surface area contributed by atoms with Gasteiger partial charge in [0.15, 0.2) is 0 Å². The monoisotopic (exact) mass is 362 g/mol. The molecule has 1 amide bonds. The molecule has 1 aliphatic heterocycles. The van der Waals surface area contributed by atoms with Gasteiger partial charge in [0.25, 0.3) is 0 Å². The summed E-state index contributed by atoms with van der Waals surface area (Å²) in [5, 5.41) is 0.640. The molecule has 0 N–H and O–H groups in total. The van der Waals surface area contributed by atoms with E-state index >= 15 is 0 Å². The highest BCUT2D eigenvalue weighted by Crippen LogP contribution is 2.26. The fraction of sp³-hybridized carbons (Fsp3) is 0.316. The lowest BCUT2D eigenvalue weighted by molar-refractivity contribution is -0.122. The summed E-state index contributed by atoms with van der Waals surface area (Å²) in [5.74, 6) is 0.326. The molecule has 6 heteroatoms. The summed E-state index contributed by atoms with van der Waals surface area (Å²) >= 11 is 5.92. The number of benzene rings is 2. The van der Waals surface area contributed by atoms with Crippen LogP contribution < -0.4 is 9.64 Å². The van der Waals surface area contributed by atoms with Gasteiger partial charge in [-0.1, -0.05) is 11.6 Å². The minimum Gasteiger partial charge on any atom is -0.496 e. The predicted octanol–water partition coefficient (Wildman–Crippen LogP) is 3.73. The molecule has 0 spiro atoms. The van der Waals surface area contributed by atoms with Crippen molar-refractivity contribution in [1.82, 2.24) is 4.90 Å². The molecule has 0 saturated carbocycles. The molecule has 2 aromatic carbocycles. The first-order chi connectivity index (χ1) is 12.0. The zero-order valence-electron chi connectivity index (χ0n) is 14.2. The van der Waals surface area contributed by atoms with Crippen LogP contribution in [0, 0.1) is 5.82 Å². The molecule has 0 aromatic heterocycles. The van der Waals surface area contributed by atoms with Crippen LogP contribution in [0.2, 0.25) is 5.02 Å². The summed E-state index contributed by atoms with van der Waals surface area (Å²) in [6, 6.07) is 11.8. The van der Waals surface area contributed by atoms with E-state index in [4.69, 9.17) is 16.3 Å². The Kier molecular flexibility index (Phi) is 5.25. The number of amides is 1. The molecule has 3 rings (SSSR count). The maximum Gasteiger partial charge on any atom is 0.241 e. The van der Waals surface area contributed by atoms with E-state index in [2.05, 4.69) is 6.92 Å². The van der Waals surface area contributed by atoms with Crippen molar-refractivity contribution < 1.29 is 13.9 Å². The van der Waals surface area contributed by atoms with Gasteiger partial charge in [-0.05, 0) is 49.4 Å². The minimum absolute atomic E-state index is 0.00999. The Hall–Kier alpha value is -2.11. The molecule has 25 heavy (non-hydrogen) atoms. The average Bonchev–Trinajstić information content (AvgIpc) is 2.59. The molecule has 4 nitrogen and oxygen atoms in total. The number of ether oxygens (including phenoxy) is 1. The lowest BCUT2D eigenvalue weighted by atomic mass is 10.1. The highest BCUT2D eigenvalue weighted by molar-refractivity contribution is 6.30. The number of hydrogen-bond acceptors (Lipinski definition) is 3. The first kappa shape index (κ1) is 17.7. The maximum atomic E-state index is 13.6. The van der Waals surface area contributed by atoms with Crippen LogP contribution in [0.3, 0.4) is 0 Å². The number of nitrogens with zero attached hydrogens (tertiary/aromatic N) is 2. The number of carbonyl (C=O) groups is 1. The zero-order valence-corrected chi connectivity index (χ0v) is 15.0. The van der Waals surface area contributed by atoms with Crippen LogP contribution in [0.5, 0.6) is 5.75 Å². The number of anilines is 1. The fourth-order valence-corrected chi connectivity index (χ4v) is 3.19. The van der Waals surface area contributed by atoms with E-state index < -0.39 is 0 Å². The number of rotatable bonds is 4. The van der Waals surface area contributed by atoms with E-state index in [1.54, 1.807) is 30.2 Å². The van der Waals surface area contributed by atoms with Crippen LogP contribution >= 0.6 is 11.6 Å². The normalized spacial score (nSPS) is 18.5. The van der Waals surface area contributed by atoms with Gasteiger partial charge in [0.05, 0.1) is 13.7 Å². The molecule has 1 heterocycles. The molecule has 132 valence electrons. The van der Waals surface area contributed by atoms with Gasteiger partial charge in [0, 0.05) is 35.4 Å².